The maximum atomic E-state index is 12.7. The molecule has 190 valence electrons. The van der Waals surface area contributed by atoms with Crippen LogP contribution in [0.15, 0.2) is 78.9 Å². The van der Waals surface area contributed by atoms with Crippen molar-refractivity contribution in [3.8, 4) is 28.4 Å². The number of carbonyl (C=O) groups excluding carboxylic acids is 2. The number of nitrogens with one attached hydrogen (secondary N) is 1. The van der Waals surface area contributed by atoms with E-state index in [2.05, 4.69) is 10.4 Å². The summed E-state index contributed by atoms with van der Waals surface area (Å²) in [7, 11) is 3.23. The Kier molecular flexibility index (Phi) is 8.20. The highest BCUT2D eigenvalue weighted by atomic mass is 16.5. The van der Waals surface area contributed by atoms with Gasteiger partial charge in [-0.05, 0) is 73.5 Å². The Labute approximate surface area is 215 Å². The van der Waals surface area contributed by atoms with Crippen molar-refractivity contribution in [2.45, 2.75) is 13.3 Å². The highest BCUT2D eigenvalue weighted by Gasteiger charge is 2.18. The predicted octanol–water partition coefficient (Wildman–Crippen LogP) is 4.71. The molecule has 4 rings (SSSR count). The molecule has 8 heteroatoms. The van der Waals surface area contributed by atoms with E-state index in [0.29, 0.717) is 35.7 Å². The van der Waals surface area contributed by atoms with Crippen molar-refractivity contribution in [3.63, 3.8) is 0 Å². The molecule has 0 saturated carbocycles. The molecule has 0 unspecified atom stereocenters. The minimum absolute atomic E-state index is 0.166. The first-order chi connectivity index (χ1) is 18.0. The third-order valence-corrected chi connectivity index (χ3v) is 5.79. The Morgan fingerprint density at radius 2 is 1.62 bits per heavy atom. The van der Waals surface area contributed by atoms with E-state index >= 15 is 0 Å². The summed E-state index contributed by atoms with van der Waals surface area (Å²) in [6.07, 6.45) is 0.710. The van der Waals surface area contributed by atoms with Crippen molar-refractivity contribution in [2.75, 3.05) is 27.4 Å². The lowest BCUT2D eigenvalue weighted by atomic mass is 10.1. The number of benzene rings is 3. The van der Waals surface area contributed by atoms with Crippen LogP contribution in [0.2, 0.25) is 0 Å². The third kappa shape index (κ3) is 6.16. The van der Waals surface area contributed by atoms with E-state index in [1.165, 1.54) is 0 Å². The lowest BCUT2D eigenvalue weighted by Crippen LogP contribution is -2.25. The molecule has 4 aromatic rings. The van der Waals surface area contributed by atoms with Gasteiger partial charge in [-0.1, -0.05) is 24.3 Å². The average Bonchev–Trinajstić information content (AvgIpc) is 3.39. The van der Waals surface area contributed by atoms with Crippen LogP contribution in [-0.2, 0) is 11.2 Å². The number of rotatable bonds is 10. The number of hydrogen-bond acceptors (Lipinski definition) is 6. The summed E-state index contributed by atoms with van der Waals surface area (Å²) in [5.41, 5.74) is 4.04. The molecule has 1 N–H and O–H groups in total. The van der Waals surface area contributed by atoms with E-state index in [4.69, 9.17) is 14.2 Å². The quantitative estimate of drug-likeness (QED) is 0.318. The summed E-state index contributed by atoms with van der Waals surface area (Å²) in [4.78, 5) is 25.1. The normalized spacial score (nSPS) is 10.6. The molecule has 0 aliphatic rings. The zero-order chi connectivity index (χ0) is 26.2. The van der Waals surface area contributed by atoms with E-state index in [1.807, 2.05) is 48.5 Å². The SMILES string of the molecule is CCOC(=O)c1cc(-c2cccc(OC)c2)n(-c2ccc(C(=O)NCCc3ccc(OC)cc3)cc2)n1. The first-order valence-corrected chi connectivity index (χ1v) is 12.0. The number of carbonyl (C=O) groups is 2. The number of hydrogen-bond donors (Lipinski definition) is 1. The van der Waals surface area contributed by atoms with Gasteiger partial charge in [0.2, 0.25) is 0 Å². The summed E-state index contributed by atoms with van der Waals surface area (Å²) >= 11 is 0. The number of nitrogens with zero attached hydrogens (tertiary/aromatic N) is 2. The fraction of sp³-hybridized carbons (Fsp3) is 0.207. The largest absolute Gasteiger partial charge is 0.497 e. The molecule has 0 radical (unpaired) electrons. The Bertz CT molecular complexity index is 1360. The van der Waals surface area contributed by atoms with E-state index in [9.17, 15) is 9.59 Å². The number of esters is 1. The van der Waals surface area contributed by atoms with Crippen molar-refractivity contribution >= 4 is 11.9 Å². The average molecular weight is 500 g/mol. The molecule has 8 nitrogen and oxygen atoms in total. The Morgan fingerprint density at radius 1 is 0.892 bits per heavy atom. The van der Waals surface area contributed by atoms with Gasteiger partial charge in [-0.3, -0.25) is 4.79 Å². The molecular weight excluding hydrogens is 470 g/mol. The summed E-state index contributed by atoms with van der Waals surface area (Å²) in [5, 5.41) is 7.44. The van der Waals surface area contributed by atoms with E-state index < -0.39 is 5.97 Å². The topological polar surface area (TPSA) is 91.7 Å². The van der Waals surface area contributed by atoms with Crippen LogP contribution >= 0.6 is 0 Å². The Balaban J connectivity index is 1.51. The van der Waals surface area contributed by atoms with Crippen LogP contribution in [0.4, 0.5) is 0 Å². The summed E-state index contributed by atoms with van der Waals surface area (Å²) < 4.78 is 17.3. The molecule has 1 heterocycles. The summed E-state index contributed by atoms with van der Waals surface area (Å²) in [6.45, 7) is 2.51. The van der Waals surface area contributed by atoms with Gasteiger partial charge < -0.3 is 19.5 Å². The van der Waals surface area contributed by atoms with Crippen molar-refractivity contribution < 1.29 is 23.8 Å². The van der Waals surface area contributed by atoms with Crippen molar-refractivity contribution in [3.05, 3.63) is 95.7 Å². The van der Waals surface area contributed by atoms with E-state index in [0.717, 1.165) is 16.9 Å². The van der Waals surface area contributed by atoms with Gasteiger partial charge in [-0.15, -0.1) is 0 Å². The predicted molar refractivity (Wildman–Crippen MR) is 141 cm³/mol. The fourth-order valence-corrected chi connectivity index (χ4v) is 3.84. The molecule has 0 aliphatic carbocycles. The molecule has 3 aromatic carbocycles. The van der Waals surface area contributed by atoms with Gasteiger partial charge in [0.05, 0.1) is 32.2 Å². The number of aromatic nitrogens is 2. The molecule has 0 bridgehead atoms. The highest BCUT2D eigenvalue weighted by Crippen LogP contribution is 2.27. The second-order valence-corrected chi connectivity index (χ2v) is 8.18. The number of ether oxygens (including phenoxy) is 3. The molecule has 0 saturated heterocycles. The van der Waals surface area contributed by atoms with Gasteiger partial charge >= 0.3 is 5.97 Å². The molecule has 0 spiro atoms. The van der Waals surface area contributed by atoms with Crippen LogP contribution in [0.1, 0.15) is 33.3 Å². The smallest absolute Gasteiger partial charge is 0.358 e. The molecule has 37 heavy (non-hydrogen) atoms. The van der Waals surface area contributed by atoms with Crippen LogP contribution < -0.4 is 14.8 Å². The summed E-state index contributed by atoms with van der Waals surface area (Å²) in [6, 6.07) is 24.0. The van der Waals surface area contributed by atoms with Crippen LogP contribution in [0, 0.1) is 0 Å². The molecule has 1 amide bonds. The minimum Gasteiger partial charge on any atom is -0.497 e. The first kappa shape index (κ1) is 25.5. The van der Waals surface area contributed by atoms with Crippen molar-refractivity contribution in [1.82, 2.24) is 15.1 Å². The molecule has 1 aromatic heterocycles. The highest BCUT2D eigenvalue weighted by molar-refractivity contribution is 5.94. The lowest BCUT2D eigenvalue weighted by molar-refractivity contribution is 0.0518. The van der Waals surface area contributed by atoms with E-state index in [-0.39, 0.29) is 18.2 Å². The van der Waals surface area contributed by atoms with Crippen LogP contribution in [0.25, 0.3) is 16.9 Å². The van der Waals surface area contributed by atoms with Crippen LogP contribution in [0.5, 0.6) is 11.5 Å². The van der Waals surface area contributed by atoms with Gasteiger partial charge in [0.1, 0.15) is 11.5 Å². The minimum atomic E-state index is -0.502. The zero-order valence-electron chi connectivity index (χ0n) is 21.1. The molecule has 0 aliphatic heterocycles. The molecule has 0 fully saturated rings. The Hall–Kier alpha value is -4.59. The van der Waals surface area contributed by atoms with Gasteiger partial charge in [-0.2, -0.15) is 5.10 Å². The van der Waals surface area contributed by atoms with Crippen molar-refractivity contribution in [1.29, 1.82) is 0 Å². The van der Waals surface area contributed by atoms with Crippen LogP contribution in [-0.4, -0.2) is 49.0 Å². The first-order valence-electron chi connectivity index (χ1n) is 12.0. The standard InChI is InChI=1S/C29H29N3O5/c1-4-37-29(34)26-19-27(22-6-5-7-25(18-22)36-3)32(31-26)23-12-10-21(11-13-23)28(33)30-17-16-20-8-14-24(35-2)15-9-20/h5-15,18-19H,4,16-17H2,1-3H3,(H,30,33). The van der Waals surface area contributed by atoms with Gasteiger partial charge in [0.25, 0.3) is 5.91 Å². The third-order valence-electron chi connectivity index (χ3n) is 5.79. The van der Waals surface area contributed by atoms with E-state index in [1.54, 1.807) is 56.2 Å². The maximum absolute atomic E-state index is 12.7. The fourth-order valence-electron chi connectivity index (χ4n) is 3.84. The second kappa shape index (κ2) is 11.9. The monoisotopic (exact) mass is 499 g/mol. The lowest BCUT2D eigenvalue weighted by Gasteiger charge is -2.10. The zero-order valence-corrected chi connectivity index (χ0v) is 21.1. The number of amides is 1. The van der Waals surface area contributed by atoms with Crippen molar-refractivity contribution in [2.24, 2.45) is 0 Å². The summed E-state index contributed by atoms with van der Waals surface area (Å²) in [5.74, 6) is 0.817. The Morgan fingerprint density at radius 3 is 2.30 bits per heavy atom. The maximum Gasteiger partial charge on any atom is 0.358 e. The van der Waals surface area contributed by atoms with Gasteiger partial charge in [0.15, 0.2) is 5.69 Å². The van der Waals surface area contributed by atoms with Gasteiger partial charge in [-0.25, -0.2) is 9.48 Å². The molecule has 0 atom stereocenters. The number of methoxy groups -OCH3 is 2. The molecular formula is C29H29N3O5. The second-order valence-electron chi connectivity index (χ2n) is 8.18. The van der Waals surface area contributed by atoms with Gasteiger partial charge in [0, 0.05) is 17.7 Å². The van der Waals surface area contributed by atoms with Crippen LogP contribution in [0.3, 0.4) is 0 Å².